The third-order valence-electron chi connectivity index (χ3n) is 5.77. The fraction of sp³-hybridized carbons (Fsp3) is 0.550. The van der Waals surface area contributed by atoms with Crippen molar-refractivity contribution in [3.05, 3.63) is 40.7 Å². The van der Waals surface area contributed by atoms with E-state index in [0.717, 1.165) is 58.1 Å². The lowest BCUT2D eigenvalue weighted by molar-refractivity contribution is 0.222. The quantitative estimate of drug-likeness (QED) is 0.684. The molecule has 0 saturated carbocycles. The molecule has 158 valence electrons. The lowest BCUT2D eigenvalue weighted by Gasteiger charge is -2.35. The monoisotopic (exact) mass is 435 g/mol. The van der Waals surface area contributed by atoms with E-state index in [9.17, 15) is 8.42 Å². The van der Waals surface area contributed by atoms with Crippen molar-refractivity contribution in [1.29, 1.82) is 0 Å². The van der Waals surface area contributed by atoms with Gasteiger partial charge >= 0.3 is 0 Å². The van der Waals surface area contributed by atoms with Gasteiger partial charge in [0, 0.05) is 70.0 Å². The van der Waals surface area contributed by atoms with E-state index >= 15 is 0 Å². The Bertz CT molecular complexity index is 870. The number of pyridine rings is 1. The van der Waals surface area contributed by atoms with Gasteiger partial charge in [-0.25, -0.2) is 13.4 Å². The molecule has 0 aliphatic carbocycles. The molecule has 2 aromatic heterocycles. The summed E-state index contributed by atoms with van der Waals surface area (Å²) in [5.41, 5.74) is 0. The first kappa shape index (κ1) is 20.7. The SMILES string of the molecule is CN1CCN(S(=O)(=O)c2ccc(N3CCN(CCc4cccs4)CC3)nc2)CC1. The second-order valence-corrected chi connectivity index (χ2v) is 10.7. The zero-order valence-electron chi connectivity index (χ0n) is 16.9. The first-order valence-electron chi connectivity index (χ1n) is 10.2. The Balaban J connectivity index is 1.31. The van der Waals surface area contributed by atoms with Gasteiger partial charge in [-0.3, -0.25) is 4.90 Å². The summed E-state index contributed by atoms with van der Waals surface area (Å²) < 4.78 is 27.2. The third kappa shape index (κ3) is 4.97. The molecule has 0 atom stereocenters. The molecule has 29 heavy (non-hydrogen) atoms. The number of aromatic nitrogens is 1. The molecule has 2 aliphatic rings. The van der Waals surface area contributed by atoms with Crippen molar-refractivity contribution in [3.63, 3.8) is 0 Å². The molecule has 4 rings (SSSR count). The first-order chi connectivity index (χ1) is 14.0. The van der Waals surface area contributed by atoms with E-state index in [2.05, 4.69) is 37.2 Å². The van der Waals surface area contributed by atoms with Crippen LogP contribution in [0, 0.1) is 0 Å². The van der Waals surface area contributed by atoms with Gasteiger partial charge < -0.3 is 9.80 Å². The van der Waals surface area contributed by atoms with Gasteiger partial charge in [-0.05, 0) is 37.0 Å². The minimum atomic E-state index is -3.45. The molecule has 0 N–H and O–H groups in total. The molecule has 2 fully saturated rings. The summed E-state index contributed by atoms with van der Waals surface area (Å²) in [4.78, 5) is 13.1. The van der Waals surface area contributed by atoms with Crippen LogP contribution >= 0.6 is 11.3 Å². The number of hydrogen-bond donors (Lipinski definition) is 0. The van der Waals surface area contributed by atoms with Crippen LogP contribution in [-0.2, 0) is 16.4 Å². The lowest BCUT2D eigenvalue weighted by atomic mass is 10.2. The number of piperazine rings is 2. The predicted octanol–water partition coefficient (Wildman–Crippen LogP) is 1.44. The molecule has 0 radical (unpaired) electrons. The normalized spacial score (nSPS) is 20.2. The maximum Gasteiger partial charge on any atom is 0.244 e. The Morgan fingerprint density at radius 1 is 1.00 bits per heavy atom. The summed E-state index contributed by atoms with van der Waals surface area (Å²) in [5, 5.41) is 2.13. The highest BCUT2D eigenvalue weighted by Gasteiger charge is 2.28. The number of anilines is 1. The van der Waals surface area contributed by atoms with Crippen LogP contribution in [-0.4, -0.2) is 93.5 Å². The van der Waals surface area contributed by atoms with Gasteiger partial charge in [0.05, 0.1) is 0 Å². The number of hydrogen-bond acceptors (Lipinski definition) is 7. The van der Waals surface area contributed by atoms with Crippen LogP contribution in [0.25, 0.3) is 0 Å². The molecule has 0 aromatic carbocycles. The first-order valence-corrected chi connectivity index (χ1v) is 12.5. The Labute approximate surface area is 177 Å². The molecule has 2 saturated heterocycles. The van der Waals surface area contributed by atoms with Crippen molar-refractivity contribution >= 4 is 27.2 Å². The Hall–Kier alpha value is -1.52. The number of nitrogens with zero attached hydrogens (tertiary/aromatic N) is 5. The van der Waals surface area contributed by atoms with Crippen molar-refractivity contribution in [3.8, 4) is 0 Å². The van der Waals surface area contributed by atoms with Crippen LogP contribution < -0.4 is 4.90 Å². The zero-order valence-corrected chi connectivity index (χ0v) is 18.5. The zero-order chi connectivity index (χ0) is 20.3. The number of thiophene rings is 1. The number of likely N-dealkylation sites (N-methyl/N-ethyl adjacent to an activating group) is 1. The molecular weight excluding hydrogens is 406 g/mol. The Morgan fingerprint density at radius 2 is 1.76 bits per heavy atom. The molecular formula is C20H29N5O2S2. The summed E-state index contributed by atoms with van der Waals surface area (Å²) in [7, 11) is -1.44. The van der Waals surface area contributed by atoms with Crippen LogP contribution in [0.2, 0.25) is 0 Å². The molecule has 0 bridgehead atoms. The van der Waals surface area contributed by atoms with Gasteiger partial charge in [-0.1, -0.05) is 6.07 Å². The van der Waals surface area contributed by atoms with Gasteiger partial charge in [-0.15, -0.1) is 11.3 Å². The minimum Gasteiger partial charge on any atom is -0.354 e. The summed E-state index contributed by atoms with van der Waals surface area (Å²) in [6.07, 6.45) is 2.63. The van der Waals surface area contributed by atoms with Crippen molar-refractivity contribution in [2.75, 3.05) is 70.9 Å². The number of rotatable bonds is 6. The third-order valence-corrected chi connectivity index (χ3v) is 8.59. The van der Waals surface area contributed by atoms with Crippen LogP contribution in [0.1, 0.15) is 4.88 Å². The van der Waals surface area contributed by atoms with E-state index in [1.54, 1.807) is 10.4 Å². The van der Waals surface area contributed by atoms with Gasteiger partial charge in [0.1, 0.15) is 10.7 Å². The second kappa shape index (κ2) is 9.09. The van der Waals surface area contributed by atoms with Crippen molar-refractivity contribution in [2.24, 2.45) is 0 Å². The number of sulfonamides is 1. The van der Waals surface area contributed by atoms with Gasteiger partial charge in [0.25, 0.3) is 0 Å². The topological polar surface area (TPSA) is 60.0 Å². The predicted molar refractivity (Wildman–Crippen MR) is 117 cm³/mol. The van der Waals surface area contributed by atoms with Crippen molar-refractivity contribution in [1.82, 2.24) is 19.1 Å². The maximum atomic E-state index is 12.8. The Kier molecular flexibility index (Phi) is 6.50. The largest absolute Gasteiger partial charge is 0.354 e. The smallest absolute Gasteiger partial charge is 0.244 e. The molecule has 0 unspecified atom stereocenters. The highest BCUT2D eigenvalue weighted by molar-refractivity contribution is 7.89. The van der Waals surface area contributed by atoms with Crippen molar-refractivity contribution in [2.45, 2.75) is 11.3 Å². The standard InChI is InChI=1S/C20H29N5O2S2/c1-22-8-14-25(15-9-22)29(26,27)19-4-5-20(21-17-19)24-12-10-23(11-13-24)7-6-18-3-2-16-28-18/h2-5,16-17H,6-15H2,1H3. The second-order valence-electron chi connectivity index (χ2n) is 7.72. The van der Waals surface area contributed by atoms with E-state index in [4.69, 9.17) is 0 Å². The highest BCUT2D eigenvalue weighted by atomic mass is 32.2. The molecule has 0 amide bonds. The summed E-state index contributed by atoms with van der Waals surface area (Å²) in [5.74, 6) is 0.861. The van der Waals surface area contributed by atoms with Gasteiger partial charge in [0.2, 0.25) is 10.0 Å². The summed E-state index contributed by atoms with van der Waals surface area (Å²) in [6, 6.07) is 7.86. The van der Waals surface area contributed by atoms with Crippen LogP contribution in [0.5, 0.6) is 0 Å². The molecule has 2 aliphatic heterocycles. The lowest BCUT2D eigenvalue weighted by Crippen LogP contribution is -2.47. The summed E-state index contributed by atoms with van der Waals surface area (Å²) >= 11 is 1.82. The average Bonchev–Trinajstić information content (AvgIpc) is 3.27. The van der Waals surface area contributed by atoms with E-state index in [1.165, 1.54) is 11.1 Å². The minimum absolute atomic E-state index is 0.292. The van der Waals surface area contributed by atoms with E-state index in [0.29, 0.717) is 18.0 Å². The van der Waals surface area contributed by atoms with E-state index in [1.807, 2.05) is 24.5 Å². The van der Waals surface area contributed by atoms with Crippen LogP contribution in [0.3, 0.4) is 0 Å². The van der Waals surface area contributed by atoms with Crippen molar-refractivity contribution < 1.29 is 8.42 Å². The highest BCUT2D eigenvalue weighted by Crippen LogP contribution is 2.20. The van der Waals surface area contributed by atoms with E-state index in [-0.39, 0.29) is 0 Å². The van der Waals surface area contributed by atoms with Crippen LogP contribution in [0.4, 0.5) is 5.82 Å². The molecule has 4 heterocycles. The molecule has 9 heteroatoms. The summed E-state index contributed by atoms with van der Waals surface area (Å²) in [6.45, 7) is 7.54. The molecule has 7 nitrogen and oxygen atoms in total. The van der Waals surface area contributed by atoms with Gasteiger partial charge in [-0.2, -0.15) is 4.31 Å². The fourth-order valence-corrected chi connectivity index (χ4v) is 5.88. The molecule has 2 aromatic rings. The van der Waals surface area contributed by atoms with Crippen LogP contribution in [0.15, 0.2) is 40.7 Å². The van der Waals surface area contributed by atoms with Gasteiger partial charge in [0.15, 0.2) is 0 Å². The van der Waals surface area contributed by atoms with E-state index < -0.39 is 10.0 Å². The maximum absolute atomic E-state index is 12.8. The fourth-order valence-electron chi connectivity index (χ4n) is 3.81. The average molecular weight is 436 g/mol. The Morgan fingerprint density at radius 3 is 2.38 bits per heavy atom. The molecule has 0 spiro atoms.